The summed E-state index contributed by atoms with van der Waals surface area (Å²) in [6.07, 6.45) is 4.89. The van der Waals surface area contributed by atoms with Crippen molar-refractivity contribution in [1.29, 1.82) is 0 Å². The number of amides is 1. The Labute approximate surface area is 147 Å². The third-order valence-electron chi connectivity index (χ3n) is 4.99. The second kappa shape index (κ2) is 7.80. The number of nitrogens with zero attached hydrogens (tertiary/aromatic N) is 1. The van der Waals surface area contributed by atoms with E-state index in [0.29, 0.717) is 6.04 Å². The normalized spacial score (nSPS) is 22.5. The van der Waals surface area contributed by atoms with E-state index in [2.05, 4.69) is 21.2 Å². The summed E-state index contributed by atoms with van der Waals surface area (Å²) in [7, 11) is 0. The third-order valence-corrected chi connectivity index (χ3v) is 5.85. The van der Waals surface area contributed by atoms with Crippen molar-refractivity contribution >= 4 is 34.2 Å². The average molecular weight is 388 g/mol. The first-order valence-electron chi connectivity index (χ1n) is 7.94. The lowest BCUT2D eigenvalue weighted by Gasteiger charge is -2.35. The van der Waals surface area contributed by atoms with E-state index >= 15 is 0 Å². The molecule has 0 radical (unpaired) electrons. The Balaban J connectivity index is 0.00000176. The van der Waals surface area contributed by atoms with Gasteiger partial charge in [0.25, 0.3) is 5.91 Å². The standard InChI is InChI=1S/C17H23BrN2O.ClH/c1-12-14(4-2-5-15(12)18)17(21)20-10-7-13(8-11-20)16-6-3-9-19-16;/h2,4-5,13,16,19H,3,6-11H2,1H3;1H. The molecule has 0 aliphatic carbocycles. The molecule has 5 heteroatoms. The number of hydrogen-bond acceptors (Lipinski definition) is 2. The Morgan fingerprint density at radius 2 is 2.00 bits per heavy atom. The maximum atomic E-state index is 12.7. The summed E-state index contributed by atoms with van der Waals surface area (Å²) in [6, 6.07) is 6.56. The molecule has 0 saturated carbocycles. The smallest absolute Gasteiger partial charge is 0.254 e. The highest BCUT2D eigenvalue weighted by Gasteiger charge is 2.30. The first-order valence-corrected chi connectivity index (χ1v) is 8.74. The summed E-state index contributed by atoms with van der Waals surface area (Å²) in [5.74, 6) is 0.937. The van der Waals surface area contributed by atoms with E-state index in [1.165, 1.54) is 19.4 Å². The predicted molar refractivity (Wildman–Crippen MR) is 95.8 cm³/mol. The fraction of sp³-hybridized carbons (Fsp3) is 0.588. The minimum atomic E-state index is 0. The van der Waals surface area contributed by atoms with Gasteiger partial charge >= 0.3 is 0 Å². The number of rotatable bonds is 2. The van der Waals surface area contributed by atoms with Gasteiger partial charge in [0.15, 0.2) is 0 Å². The monoisotopic (exact) mass is 386 g/mol. The van der Waals surface area contributed by atoms with Gasteiger partial charge < -0.3 is 10.2 Å². The molecule has 0 spiro atoms. The molecule has 1 aromatic carbocycles. The maximum absolute atomic E-state index is 12.7. The Morgan fingerprint density at radius 3 is 2.64 bits per heavy atom. The van der Waals surface area contributed by atoms with Gasteiger partial charge in [-0.05, 0) is 62.8 Å². The van der Waals surface area contributed by atoms with Crippen molar-refractivity contribution in [3.8, 4) is 0 Å². The number of carbonyl (C=O) groups is 1. The first-order chi connectivity index (χ1) is 10.2. The van der Waals surface area contributed by atoms with Crippen LogP contribution in [0.1, 0.15) is 41.6 Å². The fourth-order valence-corrected chi connectivity index (χ4v) is 3.99. The molecule has 122 valence electrons. The predicted octanol–water partition coefficient (Wildman–Crippen LogP) is 3.78. The molecule has 1 aromatic rings. The van der Waals surface area contributed by atoms with E-state index < -0.39 is 0 Å². The molecule has 22 heavy (non-hydrogen) atoms. The molecule has 1 unspecified atom stereocenters. The van der Waals surface area contributed by atoms with Crippen LogP contribution in [0.2, 0.25) is 0 Å². The molecular formula is C17H24BrClN2O. The van der Waals surface area contributed by atoms with Gasteiger partial charge in [0, 0.05) is 29.2 Å². The van der Waals surface area contributed by atoms with Crippen LogP contribution in [0.3, 0.4) is 0 Å². The zero-order valence-corrected chi connectivity index (χ0v) is 15.4. The zero-order chi connectivity index (χ0) is 14.8. The molecule has 0 aromatic heterocycles. The number of likely N-dealkylation sites (tertiary alicyclic amines) is 1. The number of halogens is 2. The van der Waals surface area contributed by atoms with Crippen molar-refractivity contribution in [2.75, 3.05) is 19.6 Å². The largest absolute Gasteiger partial charge is 0.339 e. The first kappa shape index (κ1) is 17.8. The van der Waals surface area contributed by atoms with Crippen molar-refractivity contribution in [2.24, 2.45) is 5.92 Å². The molecule has 2 aliphatic heterocycles. The minimum Gasteiger partial charge on any atom is -0.339 e. The van der Waals surface area contributed by atoms with E-state index in [1.807, 2.05) is 30.0 Å². The lowest BCUT2D eigenvalue weighted by molar-refractivity contribution is 0.0673. The second-order valence-corrected chi connectivity index (χ2v) is 7.10. The number of hydrogen-bond donors (Lipinski definition) is 1. The minimum absolute atomic E-state index is 0. The van der Waals surface area contributed by atoms with Crippen LogP contribution in [0.5, 0.6) is 0 Å². The third kappa shape index (κ3) is 3.66. The van der Waals surface area contributed by atoms with Crippen LogP contribution in [-0.4, -0.2) is 36.5 Å². The number of carbonyl (C=O) groups excluding carboxylic acids is 1. The molecule has 0 bridgehead atoms. The molecular weight excluding hydrogens is 364 g/mol. The van der Waals surface area contributed by atoms with Crippen molar-refractivity contribution in [3.63, 3.8) is 0 Å². The van der Waals surface area contributed by atoms with E-state index in [1.54, 1.807) is 0 Å². The van der Waals surface area contributed by atoms with Gasteiger partial charge in [0.05, 0.1) is 0 Å². The quantitative estimate of drug-likeness (QED) is 0.837. The summed E-state index contributed by atoms with van der Waals surface area (Å²) in [4.78, 5) is 14.7. The van der Waals surface area contributed by atoms with Crippen molar-refractivity contribution in [2.45, 2.75) is 38.6 Å². The van der Waals surface area contributed by atoms with E-state index in [0.717, 1.165) is 47.4 Å². The lowest BCUT2D eigenvalue weighted by Crippen LogP contribution is -2.43. The zero-order valence-electron chi connectivity index (χ0n) is 13.0. The van der Waals surface area contributed by atoms with Gasteiger partial charge in [0.2, 0.25) is 0 Å². The van der Waals surface area contributed by atoms with Gasteiger partial charge in [0.1, 0.15) is 0 Å². The molecule has 3 nitrogen and oxygen atoms in total. The van der Waals surface area contributed by atoms with Crippen LogP contribution in [0.4, 0.5) is 0 Å². The summed E-state index contributed by atoms with van der Waals surface area (Å²) in [5, 5.41) is 3.61. The van der Waals surface area contributed by atoms with Gasteiger partial charge in [-0.25, -0.2) is 0 Å². The second-order valence-electron chi connectivity index (χ2n) is 6.24. The molecule has 1 N–H and O–H groups in total. The van der Waals surface area contributed by atoms with E-state index in [9.17, 15) is 4.79 Å². The van der Waals surface area contributed by atoms with Crippen LogP contribution in [-0.2, 0) is 0 Å². The fourth-order valence-electron chi connectivity index (χ4n) is 3.63. The van der Waals surface area contributed by atoms with E-state index in [-0.39, 0.29) is 18.3 Å². The average Bonchev–Trinajstić information content (AvgIpc) is 3.04. The Bertz CT molecular complexity index is 523. The maximum Gasteiger partial charge on any atom is 0.254 e. The molecule has 3 rings (SSSR count). The highest BCUT2D eigenvalue weighted by atomic mass is 79.9. The van der Waals surface area contributed by atoms with Crippen LogP contribution >= 0.6 is 28.3 Å². The Kier molecular flexibility index (Phi) is 6.30. The summed E-state index contributed by atoms with van der Waals surface area (Å²) >= 11 is 3.51. The van der Waals surface area contributed by atoms with Gasteiger partial charge in [-0.1, -0.05) is 22.0 Å². The summed E-state index contributed by atoms with van der Waals surface area (Å²) < 4.78 is 1.01. The highest BCUT2D eigenvalue weighted by Crippen LogP contribution is 2.27. The van der Waals surface area contributed by atoms with Crippen LogP contribution in [0.15, 0.2) is 22.7 Å². The Hall–Kier alpha value is -0.580. The molecule has 1 atom stereocenters. The van der Waals surface area contributed by atoms with Crippen LogP contribution < -0.4 is 5.32 Å². The van der Waals surface area contributed by atoms with Crippen molar-refractivity contribution in [3.05, 3.63) is 33.8 Å². The number of benzene rings is 1. The molecule has 2 saturated heterocycles. The number of piperidine rings is 1. The summed E-state index contributed by atoms with van der Waals surface area (Å²) in [6.45, 7) is 4.97. The molecule has 2 heterocycles. The number of nitrogens with one attached hydrogen (secondary N) is 1. The molecule has 1 amide bonds. The molecule has 2 fully saturated rings. The topological polar surface area (TPSA) is 32.3 Å². The highest BCUT2D eigenvalue weighted by molar-refractivity contribution is 9.10. The van der Waals surface area contributed by atoms with Crippen molar-refractivity contribution in [1.82, 2.24) is 10.2 Å². The molecule has 2 aliphatic rings. The van der Waals surface area contributed by atoms with Crippen LogP contribution in [0.25, 0.3) is 0 Å². The van der Waals surface area contributed by atoms with Gasteiger partial charge in [-0.3, -0.25) is 4.79 Å². The van der Waals surface area contributed by atoms with Gasteiger partial charge in [-0.15, -0.1) is 12.4 Å². The van der Waals surface area contributed by atoms with Gasteiger partial charge in [-0.2, -0.15) is 0 Å². The Morgan fingerprint density at radius 1 is 1.27 bits per heavy atom. The van der Waals surface area contributed by atoms with E-state index in [4.69, 9.17) is 0 Å². The van der Waals surface area contributed by atoms with Crippen LogP contribution in [0, 0.1) is 12.8 Å². The summed E-state index contributed by atoms with van der Waals surface area (Å²) in [5.41, 5.74) is 1.88. The lowest BCUT2D eigenvalue weighted by atomic mass is 9.88. The van der Waals surface area contributed by atoms with Crippen molar-refractivity contribution < 1.29 is 4.79 Å². The SMILES string of the molecule is Cc1c(Br)cccc1C(=O)N1CCC(C2CCCN2)CC1.Cl.